The first kappa shape index (κ1) is 46.8. The Morgan fingerprint density at radius 1 is 0.439 bits per heavy atom. The topological polar surface area (TPSA) is 152 Å². The lowest BCUT2D eigenvalue weighted by atomic mass is 9.83. The largest absolute Gasteiger partial charge is 0.384 e. The monoisotopic (exact) mass is 839 g/mol. The Labute approximate surface area is 353 Å². The van der Waals surface area contributed by atoms with Crippen LogP contribution in [0.5, 0.6) is 0 Å². The molecular weight excluding hydrogens is 789 g/mol. The van der Waals surface area contributed by atoms with Crippen molar-refractivity contribution in [3.8, 4) is 0 Å². The number of carbonyl (C=O) groups is 4. The number of nitrogens with zero attached hydrogens (tertiary/aromatic N) is 5. The predicted octanol–water partition coefficient (Wildman–Crippen LogP) is 5.48. The van der Waals surface area contributed by atoms with E-state index in [1.165, 1.54) is 12.4 Å². The minimum atomic E-state index is -0.205. The molecule has 2 heterocycles. The summed E-state index contributed by atoms with van der Waals surface area (Å²) in [7, 11) is 10.00. The van der Waals surface area contributed by atoms with Crippen LogP contribution in [0.1, 0.15) is 76.5 Å². The van der Waals surface area contributed by atoms with Gasteiger partial charge >= 0.3 is 0 Å². The molecule has 0 radical (unpaired) electrons. The van der Waals surface area contributed by atoms with Crippen molar-refractivity contribution < 1.29 is 19.2 Å². The number of aromatic nitrogens is 2. The molecule has 57 heavy (non-hydrogen) atoms. The van der Waals surface area contributed by atoms with Crippen LogP contribution in [0.25, 0.3) is 0 Å². The average Bonchev–Trinajstić information content (AvgIpc) is 3.16. The van der Waals surface area contributed by atoms with Gasteiger partial charge in [-0.2, -0.15) is 0 Å². The van der Waals surface area contributed by atoms with Crippen molar-refractivity contribution >= 4 is 83.1 Å². The van der Waals surface area contributed by atoms with E-state index in [4.69, 9.17) is 0 Å². The first-order chi connectivity index (χ1) is 26.1. The zero-order valence-corrected chi connectivity index (χ0v) is 35.4. The molecule has 2 aliphatic carbocycles. The van der Waals surface area contributed by atoms with E-state index >= 15 is 0 Å². The highest BCUT2D eigenvalue weighted by Crippen LogP contribution is 2.38. The summed E-state index contributed by atoms with van der Waals surface area (Å²) >= 11 is 0. The summed E-state index contributed by atoms with van der Waals surface area (Å²) in [5, 5.41) is 13.6. The van der Waals surface area contributed by atoms with Crippen LogP contribution in [-0.2, 0) is 0 Å². The molecule has 0 aliphatic heterocycles. The van der Waals surface area contributed by atoms with E-state index < -0.39 is 0 Å². The third-order valence-electron chi connectivity index (χ3n) is 9.75. The number of nitrogens with one attached hydrogen (secondary N) is 4. The first-order valence-corrected chi connectivity index (χ1v) is 18.4. The minimum Gasteiger partial charge on any atom is -0.384 e. The van der Waals surface area contributed by atoms with Gasteiger partial charge in [0.1, 0.15) is 0 Å². The SMILES string of the molecule is CN(C)CCNc1ccc(NCCCN(C)CCCNc2ccc(NCCN(C)C)c3c2C(=O)c2ccncc2C3=O)c2c1C(=O)c1cnccc1C2=O.Cl.Cl.Cl. The molecule has 0 amide bonds. The van der Waals surface area contributed by atoms with E-state index in [2.05, 4.69) is 53.0 Å². The maximum absolute atomic E-state index is 13.7. The number of hydrogen-bond acceptors (Lipinski definition) is 13. The molecular formula is C41H52Cl3N9O4. The number of fused-ring (bicyclic) bond motifs is 4. The van der Waals surface area contributed by atoms with Gasteiger partial charge in [0, 0.05) is 97.9 Å². The quantitative estimate of drug-likeness (QED) is 0.0811. The van der Waals surface area contributed by atoms with E-state index in [-0.39, 0.29) is 60.4 Å². The van der Waals surface area contributed by atoms with Gasteiger partial charge in [-0.3, -0.25) is 29.1 Å². The van der Waals surface area contributed by atoms with Crippen LogP contribution >= 0.6 is 37.2 Å². The lowest BCUT2D eigenvalue weighted by Crippen LogP contribution is -2.27. The van der Waals surface area contributed by atoms with Crippen LogP contribution < -0.4 is 21.3 Å². The molecule has 2 aromatic heterocycles. The Morgan fingerprint density at radius 2 is 0.754 bits per heavy atom. The van der Waals surface area contributed by atoms with Gasteiger partial charge in [-0.25, -0.2) is 0 Å². The number of benzene rings is 2. The summed E-state index contributed by atoms with van der Waals surface area (Å²) in [5.41, 5.74) is 5.53. The standard InChI is InChI=1S/C41H49N9O4.3ClH/c1-48(2)22-18-46-32-10-8-30(34-36(32)40(53)28-24-42-16-12-26(28)38(34)51)44-14-6-20-50(5)21-7-15-45-31-9-11-33(47-19-23-49(3)4)37-35(31)39(52)27-13-17-43-25-29(27)41(37)54;;;/h8-13,16-17,24-25,44-47H,6-7,14-15,18-23H2,1-5H3;3*1H. The number of hydrogen-bond donors (Lipinski definition) is 4. The molecule has 2 aliphatic rings. The molecule has 0 fully saturated rings. The first-order valence-electron chi connectivity index (χ1n) is 18.4. The Balaban J connectivity index is 0.00000290. The summed E-state index contributed by atoms with van der Waals surface area (Å²) in [4.78, 5) is 69.3. The van der Waals surface area contributed by atoms with Gasteiger partial charge in [0.15, 0.2) is 23.1 Å². The van der Waals surface area contributed by atoms with E-state index in [0.717, 1.165) is 39.0 Å². The maximum atomic E-state index is 13.7. The lowest BCUT2D eigenvalue weighted by molar-refractivity contribution is 0.0980. The molecule has 13 nitrogen and oxygen atoms in total. The van der Waals surface area contributed by atoms with Crippen LogP contribution in [0.4, 0.5) is 22.7 Å². The fourth-order valence-electron chi connectivity index (χ4n) is 6.91. The van der Waals surface area contributed by atoms with Crippen LogP contribution in [0, 0.1) is 0 Å². The molecule has 2 aromatic carbocycles. The molecule has 0 unspecified atom stereocenters. The van der Waals surface area contributed by atoms with Gasteiger partial charge in [0.05, 0.1) is 33.4 Å². The summed E-state index contributed by atoms with van der Waals surface area (Å²) in [5.74, 6) is -0.783. The highest BCUT2D eigenvalue weighted by Gasteiger charge is 2.35. The molecule has 4 aromatic rings. The zero-order chi connectivity index (χ0) is 38.4. The Morgan fingerprint density at radius 3 is 1.09 bits per heavy atom. The van der Waals surface area contributed by atoms with E-state index in [1.54, 1.807) is 24.5 Å². The van der Waals surface area contributed by atoms with Crippen molar-refractivity contribution in [1.82, 2.24) is 24.7 Å². The summed E-state index contributed by atoms with van der Waals surface area (Å²) in [6, 6.07) is 10.7. The molecule has 0 saturated heterocycles. The van der Waals surface area contributed by atoms with Crippen molar-refractivity contribution in [2.24, 2.45) is 0 Å². The number of pyridine rings is 2. The van der Waals surface area contributed by atoms with Crippen molar-refractivity contribution in [2.45, 2.75) is 12.8 Å². The predicted molar refractivity (Wildman–Crippen MR) is 235 cm³/mol. The van der Waals surface area contributed by atoms with Crippen LogP contribution in [-0.4, -0.2) is 135 Å². The highest BCUT2D eigenvalue weighted by atomic mass is 35.5. The molecule has 6 rings (SSSR count). The van der Waals surface area contributed by atoms with Crippen molar-refractivity contribution in [3.63, 3.8) is 0 Å². The second kappa shape index (κ2) is 21.2. The number of ketones is 4. The molecule has 306 valence electrons. The number of likely N-dealkylation sites (N-methyl/N-ethyl adjacent to an activating group) is 2. The van der Waals surface area contributed by atoms with Crippen molar-refractivity contribution in [1.29, 1.82) is 0 Å². The third kappa shape index (κ3) is 10.5. The van der Waals surface area contributed by atoms with Gasteiger partial charge in [-0.1, -0.05) is 0 Å². The Hall–Kier alpha value is -4.63. The average molecular weight is 841 g/mol. The Kier molecular flexibility index (Phi) is 17.4. The smallest absolute Gasteiger partial charge is 0.198 e. The van der Waals surface area contributed by atoms with Crippen LogP contribution in [0.3, 0.4) is 0 Å². The summed E-state index contributed by atoms with van der Waals surface area (Å²) in [6.07, 6.45) is 7.65. The molecule has 0 bridgehead atoms. The molecule has 0 spiro atoms. The fourth-order valence-corrected chi connectivity index (χ4v) is 6.91. The third-order valence-corrected chi connectivity index (χ3v) is 9.75. The zero-order valence-electron chi connectivity index (χ0n) is 32.9. The maximum Gasteiger partial charge on any atom is 0.198 e. The van der Waals surface area contributed by atoms with Gasteiger partial charge in [-0.15, -0.1) is 37.2 Å². The van der Waals surface area contributed by atoms with Gasteiger partial charge < -0.3 is 36.0 Å². The number of carbonyl (C=O) groups excluding carboxylic acids is 4. The fraction of sp³-hybridized carbons (Fsp3) is 0.366. The van der Waals surface area contributed by atoms with E-state index in [1.807, 2.05) is 52.5 Å². The second-order valence-electron chi connectivity index (χ2n) is 14.3. The summed E-state index contributed by atoms with van der Waals surface area (Å²) < 4.78 is 0. The molecule has 16 heteroatoms. The normalized spacial score (nSPS) is 12.5. The number of anilines is 4. The van der Waals surface area contributed by atoms with Gasteiger partial charge in [-0.05, 0) is 97.6 Å². The van der Waals surface area contributed by atoms with Gasteiger partial charge in [0.25, 0.3) is 0 Å². The van der Waals surface area contributed by atoms with Gasteiger partial charge in [0.2, 0.25) is 0 Å². The lowest BCUT2D eigenvalue weighted by Gasteiger charge is -2.24. The molecule has 4 N–H and O–H groups in total. The minimum absolute atomic E-state index is 0. The van der Waals surface area contributed by atoms with E-state index in [0.29, 0.717) is 93.4 Å². The highest BCUT2D eigenvalue weighted by molar-refractivity contribution is 6.32. The second-order valence-corrected chi connectivity index (χ2v) is 14.3. The molecule has 0 saturated carbocycles. The number of rotatable bonds is 18. The molecule has 0 atom stereocenters. The van der Waals surface area contributed by atoms with Crippen LogP contribution in [0.15, 0.2) is 61.2 Å². The summed E-state index contributed by atoms with van der Waals surface area (Å²) in [6.45, 7) is 5.64. The Bertz CT molecular complexity index is 1930. The van der Waals surface area contributed by atoms with E-state index in [9.17, 15) is 19.2 Å². The van der Waals surface area contributed by atoms with Crippen LogP contribution in [0.2, 0.25) is 0 Å². The number of halogens is 3. The van der Waals surface area contributed by atoms with Crippen molar-refractivity contribution in [2.75, 3.05) is 109 Å². The van der Waals surface area contributed by atoms with Crippen molar-refractivity contribution in [3.05, 3.63) is 106 Å².